The first-order valence-electron chi connectivity index (χ1n) is 6.51. The van der Waals surface area contributed by atoms with Gasteiger partial charge in [-0.15, -0.1) is 0 Å². The highest BCUT2D eigenvalue weighted by Crippen LogP contribution is 2.35. The fraction of sp³-hybridized carbons (Fsp3) is 0.188. The zero-order valence-corrected chi connectivity index (χ0v) is 11.6. The van der Waals surface area contributed by atoms with Crippen LogP contribution in [0.4, 0.5) is 0 Å². The Morgan fingerprint density at radius 3 is 2.90 bits per heavy atom. The molecule has 2 N–H and O–H groups in total. The summed E-state index contributed by atoms with van der Waals surface area (Å²) in [6.45, 7) is 1.75. The normalized spacial score (nSPS) is 13.8. The Morgan fingerprint density at radius 2 is 2.10 bits per heavy atom. The second-order valence-electron chi connectivity index (χ2n) is 4.87. The summed E-state index contributed by atoms with van der Waals surface area (Å²) in [7, 11) is 0. The minimum atomic E-state index is -0.922. The first-order valence-corrected chi connectivity index (χ1v) is 6.89. The summed E-state index contributed by atoms with van der Waals surface area (Å²) in [5.41, 5.74) is 4.57. The van der Waals surface area contributed by atoms with Crippen LogP contribution >= 0.6 is 11.6 Å². The average molecular weight is 288 g/mol. The molecular formula is C16H14ClNO2. The van der Waals surface area contributed by atoms with Crippen molar-refractivity contribution in [3.63, 3.8) is 0 Å². The number of hydrogen-bond acceptors (Lipinski definition) is 2. The lowest BCUT2D eigenvalue weighted by atomic mass is 9.90. The van der Waals surface area contributed by atoms with Gasteiger partial charge in [0.2, 0.25) is 0 Å². The second-order valence-corrected chi connectivity index (χ2v) is 5.28. The van der Waals surface area contributed by atoms with E-state index in [1.807, 2.05) is 18.2 Å². The number of rotatable bonds is 2. The smallest absolute Gasteiger partial charge is 0.335 e. The minimum Gasteiger partial charge on any atom is -0.478 e. The van der Waals surface area contributed by atoms with Crippen LogP contribution in [0.5, 0.6) is 0 Å². The van der Waals surface area contributed by atoms with Gasteiger partial charge in [-0.25, -0.2) is 4.79 Å². The molecule has 102 valence electrons. The van der Waals surface area contributed by atoms with Crippen molar-refractivity contribution in [2.45, 2.75) is 13.0 Å². The van der Waals surface area contributed by atoms with Crippen molar-refractivity contribution in [2.75, 3.05) is 6.54 Å². The lowest BCUT2D eigenvalue weighted by Crippen LogP contribution is -2.24. The lowest BCUT2D eigenvalue weighted by Gasteiger charge is -2.21. The summed E-state index contributed by atoms with van der Waals surface area (Å²) >= 11 is 6.36. The molecule has 0 amide bonds. The summed E-state index contributed by atoms with van der Waals surface area (Å²) in [4.78, 5) is 11.1. The van der Waals surface area contributed by atoms with E-state index in [2.05, 4.69) is 5.32 Å². The van der Waals surface area contributed by atoms with Gasteiger partial charge in [0, 0.05) is 17.1 Å². The molecule has 0 unspecified atom stereocenters. The van der Waals surface area contributed by atoms with Crippen molar-refractivity contribution < 1.29 is 9.90 Å². The van der Waals surface area contributed by atoms with Crippen LogP contribution in [0.15, 0.2) is 36.4 Å². The predicted molar refractivity (Wildman–Crippen MR) is 79.3 cm³/mol. The van der Waals surface area contributed by atoms with E-state index in [1.165, 1.54) is 11.1 Å². The van der Waals surface area contributed by atoms with Crippen molar-refractivity contribution in [3.8, 4) is 11.1 Å². The number of halogens is 1. The van der Waals surface area contributed by atoms with Crippen LogP contribution in [0, 0.1) is 0 Å². The highest BCUT2D eigenvalue weighted by atomic mass is 35.5. The molecule has 1 heterocycles. The van der Waals surface area contributed by atoms with Gasteiger partial charge < -0.3 is 10.4 Å². The number of carboxylic acid groups (broad SMARTS) is 1. The molecule has 2 aromatic rings. The van der Waals surface area contributed by atoms with E-state index in [0.29, 0.717) is 5.02 Å². The Bertz CT molecular complexity index is 682. The molecule has 0 bridgehead atoms. The Kier molecular flexibility index (Phi) is 3.47. The molecule has 2 aromatic carbocycles. The van der Waals surface area contributed by atoms with Crippen LogP contribution in [0.3, 0.4) is 0 Å². The van der Waals surface area contributed by atoms with Gasteiger partial charge in [-0.2, -0.15) is 0 Å². The maximum Gasteiger partial charge on any atom is 0.335 e. The zero-order chi connectivity index (χ0) is 14.1. The molecule has 1 aliphatic rings. The first-order chi connectivity index (χ1) is 9.66. The van der Waals surface area contributed by atoms with Gasteiger partial charge in [0.1, 0.15) is 0 Å². The molecule has 0 spiro atoms. The van der Waals surface area contributed by atoms with Crippen molar-refractivity contribution in [2.24, 2.45) is 0 Å². The molecule has 4 heteroatoms. The largest absolute Gasteiger partial charge is 0.478 e. The topological polar surface area (TPSA) is 49.3 Å². The lowest BCUT2D eigenvalue weighted by molar-refractivity contribution is 0.0697. The fourth-order valence-electron chi connectivity index (χ4n) is 2.67. The van der Waals surface area contributed by atoms with Crippen molar-refractivity contribution in [1.29, 1.82) is 0 Å². The number of benzene rings is 2. The standard InChI is InChI=1S/C16H14ClNO2/c17-14-5-4-12-9-18-7-6-13(12)15(14)10-2-1-3-11(8-10)16(19)20/h1-5,8,18H,6-7,9H2,(H,19,20). The molecule has 0 saturated carbocycles. The first kappa shape index (κ1) is 13.2. The van der Waals surface area contributed by atoms with Crippen LogP contribution in [-0.2, 0) is 13.0 Å². The highest BCUT2D eigenvalue weighted by molar-refractivity contribution is 6.33. The van der Waals surface area contributed by atoms with Crippen LogP contribution in [0.2, 0.25) is 5.02 Å². The summed E-state index contributed by atoms with van der Waals surface area (Å²) < 4.78 is 0. The maximum atomic E-state index is 11.1. The number of carboxylic acids is 1. The van der Waals surface area contributed by atoms with E-state index in [1.54, 1.807) is 18.2 Å². The highest BCUT2D eigenvalue weighted by Gasteiger charge is 2.17. The Labute approximate surface area is 122 Å². The molecule has 0 fully saturated rings. The third kappa shape index (κ3) is 2.30. The van der Waals surface area contributed by atoms with E-state index >= 15 is 0 Å². The van der Waals surface area contributed by atoms with Gasteiger partial charge in [0.05, 0.1) is 5.56 Å². The average Bonchev–Trinajstić information content (AvgIpc) is 2.47. The molecule has 1 aliphatic heterocycles. The maximum absolute atomic E-state index is 11.1. The van der Waals surface area contributed by atoms with E-state index in [9.17, 15) is 4.79 Å². The quantitative estimate of drug-likeness (QED) is 0.890. The Balaban J connectivity index is 2.19. The second kappa shape index (κ2) is 5.27. The monoisotopic (exact) mass is 287 g/mol. The molecule has 3 nitrogen and oxygen atoms in total. The molecule has 0 aromatic heterocycles. The van der Waals surface area contributed by atoms with Crippen molar-refractivity contribution >= 4 is 17.6 Å². The predicted octanol–water partition coefficient (Wildman–Crippen LogP) is 3.35. The summed E-state index contributed by atoms with van der Waals surface area (Å²) in [6.07, 6.45) is 0.905. The number of nitrogens with one attached hydrogen (secondary N) is 1. The van der Waals surface area contributed by atoms with Crippen LogP contribution in [-0.4, -0.2) is 17.6 Å². The minimum absolute atomic E-state index is 0.283. The summed E-state index contributed by atoms with van der Waals surface area (Å²) in [5.74, 6) is -0.922. The van der Waals surface area contributed by atoms with Crippen LogP contribution < -0.4 is 5.32 Å². The SMILES string of the molecule is O=C(O)c1cccc(-c2c(Cl)ccc3c2CCNC3)c1. The summed E-state index contributed by atoms with van der Waals surface area (Å²) in [5, 5.41) is 13.1. The van der Waals surface area contributed by atoms with E-state index in [4.69, 9.17) is 16.7 Å². The van der Waals surface area contributed by atoms with Gasteiger partial charge in [-0.05, 0) is 47.9 Å². The molecule has 0 atom stereocenters. The van der Waals surface area contributed by atoms with Gasteiger partial charge in [0.15, 0.2) is 0 Å². The molecule has 3 rings (SSSR count). The summed E-state index contributed by atoms with van der Waals surface area (Å²) in [6, 6.07) is 10.9. The third-order valence-corrected chi connectivity index (χ3v) is 3.94. The molecule has 0 aliphatic carbocycles. The van der Waals surface area contributed by atoms with E-state index < -0.39 is 5.97 Å². The van der Waals surface area contributed by atoms with Crippen molar-refractivity contribution in [3.05, 3.63) is 58.1 Å². The Morgan fingerprint density at radius 1 is 1.25 bits per heavy atom. The van der Waals surface area contributed by atoms with Gasteiger partial charge in [-0.1, -0.05) is 29.8 Å². The van der Waals surface area contributed by atoms with Crippen LogP contribution in [0.25, 0.3) is 11.1 Å². The van der Waals surface area contributed by atoms with Gasteiger partial charge in [-0.3, -0.25) is 0 Å². The number of carbonyl (C=O) groups is 1. The van der Waals surface area contributed by atoms with Crippen LogP contribution in [0.1, 0.15) is 21.5 Å². The zero-order valence-electron chi connectivity index (χ0n) is 10.8. The van der Waals surface area contributed by atoms with E-state index in [-0.39, 0.29) is 5.56 Å². The number of aromatic carboxylic acids is 1. The van der Waals surface area contributed by atoms with E-state index in [0.717, 1.165) is 30.6 Å². The number of fused-ring (bicyclic) bond motifs is 1. The fourth-order valence-corrected chi connectivity index (χ4v) is 2.96. The number of hydrogen-bond donors (Lipinski definition) is 2. The van der Waals surface area contributed by atoms with Crippen molar-refractivity contribution in [1.82, 2.24) is 5.32 Å². The Hall–Kier alpha value is -1.84. The molecular weight excluding hydrogens is 274 g/mol. The van der Waals surface area contributed by atoms with Gasteiger partial charge in [0.25, 0.3) is 0 Å². The third-order valence-electron chi connectivity index (χ3n) is 3.62. The van der Waals surface area contributed by atoms with Gasteiger partial charge >= 0.3 is 5.97 Å². The molecule has 0 radical (unpaired) electrons. The molecule has 0 saturated heterocycles. The molecule has 20 heavy (non-hydrogen) atoms.